The van der Waals surface area contributed by atoms with Crippen LogP contribution in [0.25, 0.3) is 0 Å². The number of halogens is 1. The molecule has 2 aromatic rings. The Morgan fingerprint density at radius 2 is 1.41 bits per heavy atom. The van der Waals surface area contributed by atoms with Crippen LogP contribution < -0.4 is 0 Å². The highest BCUT2D eigenvalue weighted by Gasteiger charge is 2.48. The zero-order valence-electron chi connectivity index (χ0n) is 18.3. The molecular formula is C25H29ClO6. The van der Waals surface area contributed by atoms with E-state index in [9.17, 15) is 9.59 Å². The van der Waals surface area contributed by atoms with Gasteiger partial charge in [-0.05, 0) is 17.5 Å². The molecule has 0 bridgehead atoms. The van der Waals surface area contributed by atoms with E-state index in [1.807, 2.05) is 60.7 Å². The van der Waals surface area contributed by atoms with Gasteiger partial charge in [-0.3, -0.25) is 9.59 Å². The van der Waals surface area contributed by atoms with E-state index in [1.165, 1.54) is 13.8 Å². The first-order chi connectivity index (χ1) is 15.4. The van der Waals surface area contributed by atoms with E-state index >= 15 is 0 Å². The molecule has 32 heavy (non-hydrogen) atoms. The molecule has 0 amide bonds. The van der Waals surface area contributed by atoms with E-state index in [1.54, 1.807) is 0 Å². The quantitative estimate of drug-likeness (QED) is 0.411. The fraction of sp³-hybridized carbons (Fsp3) is 0.440. The number of hydrogen-bond acceptors (Lipinski definition) is 6. The van der Waals surface area contributed by atoms with Crippen molar-refractivity contribution in [2.45, 2.75) is 57.2 Å². The molecule has 0 spiro atoms. The van der Waals surface area contributed by atoms with Crippen molar-refractivity contribution in [2.24, 2.45) is 5.92 Å². The first kappa shape index (κ1) is 24.2. The zero-order chi connectivity index (χ0) is 22.9. The number of carbonyl (C=O) groups excluding carboxylic acids is 2. The molecule has 0 N–H and O–H groups in total. The van der Waals surface area contributed by atoms with Crippen molar-refractivity contribution >= 4 is 23.5 Å². The molecule has 0 aromatic heterocycles. The molecule has 1 aliphatic rings. The lowest BCUT2D eigenvalue weighted by Crippen LogP contribution is -2.56. The molecule has 2 aromatic carbocycles. The Labute approximate surface area is 193 Å². The Hall–Kier alpha value is -2.41. The smallest absolute Gasteiger partial charge is 0.303 e. The van der Waals surface area contributed by atoms with Crippen LogP contribution in [-0.2, 0) is 41.8 Å². The van der Waals surface area contributed by atoms with E-state index in [0.29, 0.717) is 19.6 Å². The van der Waals surface area contributed by atoms with Crippen molar-refractivity contribution in [3.05, 3.63) is 71.8 Å². The summed E-state index contributed by atoms with van der Waals surface area (Å²) in [4.78, 5) is 23.2. The summed E-state index contributed by atoms with van der Waals surface area (Å²) < 4.78 is 23.3. The van der Waals surface area contributed by atoms with Crippen LogP contribution in [0.3, 0.4) is 0 Å². The van der Waals surface area contributed by atoms with Crippen molar-refractivity contribution < 1.29 is 28.5 Å². The van der Waals surface area contributed by atoms with Gasteiger partial charge in [-0.2, -0.15) is 0 Å². The second-order valence-electron chi connectivity index (χ2n) is 7.91. The highest BCUT2D eigenvalue weighted by molar-refractivity contribution is 6.21. The summed E-state index contributed by atoms with van der Waals surface area (Å²) >= 11 is 6.73. The topological polar surface area (TPSA) is 71.1 Å². The zero-order valence-corrected chi connectivity index (χ0v) is 19.1. The van der Waals surface area contributed by atoms with Gasteiger partial charge < -0.3 is 18.9 Å². The van der Waals surface area contributed by atoms with Gasteiger partial charge in [0.15, 0.2) is 0 Å². The largest absolute Gasteiger partial charge is 0.466 e. The third kappa shape index (κ3) is 7.05. The summed E-state index contributed by atoms with van der Waals surface area (Å²) in [5, 5.41) is -0.587. The lowest BCUT2D eigenvalue weighted by molar-refractivity contribution is -0.188. The highest BCUT2D eigenvalue weighted by atomic mass is 35.5. The highest BCUT2D eigenvalue weighted by Crippen LogP contribution is 2.36. The molecule has 3 rings (SSSR count). The van der Waals surface area contributed by atoms with E-state index < -0.39 is 29.7 Å². The summed E-state index contributed by atoms with van der Waals surface area (Å²) in [5.41, 5.74) is 2.01. The van der Waals surface area contributed by atoms with E-state index in [4.69, 9.17) is 30.5 Å². The van der Waals surface area contributed by atoms with Gasteiger partial charge in [-0.25, -0.2) is 0 Å². The monoisotopic (exact) mass is 460 g/mol. The predicted octanol–water partition coefficient (Wildman–Crippen LogP) is 4.28. The van der Waals surface area contributed by atoms with Gasteiger partial charge in [0.25, 0.3) is 0 Å². The van der Waals surface area contributed by atoms with Gasteiger partial charge >= 0.3 is 11.9 Å². The maximum atomic E-state index is 11.9. The van der Waals surface area contributed by atoms with Crippen molar-refractivity contribution in [3.63, 3.8) is 0 Å². The van der Waals surface area contributed by atoms with E-state index in [2.05, 4.69) is 0 Å². The summed E-state index contributed by atoms with van der Waals surface area (Å²) in [5.74, 6) is -1.09. The number of carbonyl (C=O) groups is 2. The van der Waals surface area contributed by atoms with Gasteiger partial charge in [0, 0.05) is 19.8 Å². The van der Waals surface area contributed by atoms with Crippen LogP contribution in [0.15, 0.2) is 60.7 Å². The molecule has 0 radical (unpaired) electrons. The first-order valence-electron chi connectivity index (χ1n) is 10.7. The van der Waals surface area contributed by atoms with Crippen molar-refractivity contribution in [1.29, 1.82) is 0 Å². The van der Waals surface area contributed by atoms with Crippen LogP contribution >= 0.6 is 11.6 Å². The number of alkyl halides is 1. The van der Waals surface area contributed by atoms with Gasteiger partial charge in [-0.15, -0.1) is 11.6 Å². The minimum Gasteiger partial charge on any atom is -0.466 e. The van der Waals surface area contributed by atoms with Crippen LogP contribution in [0, 0.1) is 5.92 Å². The van der Waals surface area contributed by atoms with Crippen LogP contribution in [-0.4, -0.2) is 42.2 Å². The SMILES string of the molecule is CC(=O)OC[C@@H]1C[C@@H](OCc2ccccc2)[C@@H](OCc2ccccc2)[C@H](OC(C)=O)[C@H]1Cl. The van der Waals surface area contributed by atoms with Crippen LogP contribution in [0.5, 0.6) is 0 Å². The lowest BCUT2D eigenvalue weighted by atomic mass is 9.82. The molecule has 0 heterocycles. The minimum absolute atomic E-state index is 0.123. The number of hydrogen-bond donors (Lipinski definition) is 0. The maximum absolute atomic E-state index is 11.9. The molecule has 7 heteroatoms. The molecule has 0 unspecified atom stereocenters. The standard InChI is InChI=1S/C25H29ClO6/c1-17(27)29-16-21-13-22(30-14-19-9-5-3-6-10-19)24(25(23(21)26)32-18(2)28)31-15-20-11-7-4-8-12-20/h3-12,21-25H,13-16H2,1-2H3/t21-,22+,23-,24+,25+/m0/s1. The van der Waals surface area contributed by atoms with Crippen molar-refractivity contribution in [1.82, 2.24) is 0 Å². The van der Waals surface area contributed by atoms with Crippen LogP contribution in [0.2, 0.25) is 0 Å². The van der Waals surface area contributed by atoms with Crippen LogP contribution in [0.1, 0.15) is 31.4 Å². The fourth-order valence-electron chi connectivity index (χ4n) is 3.84. The molecule has 172 valence electrons. The normalized spacial score (nSPS) is 25.2. The second-order valence-corrected chi connectivity index (χ2v) is 8.42. The number of esters is 2. The van der Waals surface area contributed by atoms with Gasteiger partial charge in [0.05, 0.1) is 31.3 Å². The van der Waals surface area contributed by atoms with Gasteiger partial charge in [0.1, 0.15) is 12.2 Å². The number of ether oxygens (including phenoxy) is 4. The Kier molecular flexibility index (Phi) is 9.09. The summed E-state index contributed by atoms with van der Waals surface area (Å²) in [6.45, 7) is 3.51. The summed E-state index contributed by atoms with van der Waals surface area (Å²) in [6, 6.07) is 19.5. The van der Waals surface area contributed by atoms with Crippen molar-refractivity contribution in [2.75, 3.05) is 6.61 Å². The van der Waals surface area contributed by atoms with Gasteiger partial charge in [-0.1, -0.05) is 60.7 Å². The summed E-state index contributed by atoms with van der Waals surface area (Å²) in [7, 11) is 0. The minimum atomic E-state index is -0.743. The second kappa shape index (κ2) is 12.0. The van der Waals surface area contributed by atoms with Crippen molar-refractivity contribution in [3.8, 4) is 0 Å². The molecule has 6 nitrogen and oxygen atoms in total. The average molecular weight is 461 g/mol. The molecule has 5 atom stereocenters. The third-order valence-corrected chi connectivity index (χ3v) is 5.99. The molecule has 0 aliphatic heterocycles. The molecule has 1 aliphatic carbocycles. The molecule has 1 saturated carbocycles. The van der Waals surface area contributed by atoms with E-state index in [-0.39, 0.29) is 18.5 Å². The van der Waals surface area contributed by atoms with Gasteiger partial charge in [0.2, 0.25) is 0 Å². The first-order valence-corrected chi connectivity index (χ1v) is 11.1. The number of benzene rings is 2. The predicted molar refractivity (Wildman–Crippen MR) is 120 cm³/mol. The Bertz CT molecular complexity index is 859. The van der Waals surface area contributed by atoms with E-state index in [0.717, 1.165) is 11.1 Å². The molecule has 0 saturated heterocycles. The Morgan fingerprint density at radius 1 is 0.844 bits per heavy atom. The Balaban J connectivity index is 1.80. The Morgan fingerprint density at radius 3 is 1.94 bits per heavy atom. The number of rotatable bonds is 9. The lowest BCUT2D eigenvalue weighted by Gasteiger charge is -2.43. The average Bonchev–Trinajstić information content (AvgIpc) is 2.78. The third-order valence-electron chi connectivity index (χ3n) is 5.38. The summed E-state index contributed by atoms with van der Waals surface area (Å²) in [6.07, 6.45) is -1.21. The molecule has 1 fully saturated rings. The van der Waals surface area contributed by atoms with Crippen LogP contribution in [0.4, 0.5) is 0 Å². The maximum Gasteiger partial charge on any atom is 0.303 e. The molecular weight excluding hydrogens is 432 g/mol. The fourth-order valence-corrected chi connectivity index (χ4v) is 4.21.